The molecule has 24 heavy (non-hydrogen) atoms. The molecule has 0 radical (unpaired) electrons. The SMILES string of the molecule is CC(=O)Nc1cccc(/C(C)=N/Nc2ccc(Cl)c(C(=O)O)c2)c1. The van der Waals surface area contributed by atoms with Crippen molar-refractivity contribution in [3.8, 4) is 0 Å². The molecule has 0 heterocycles. The van der Waals surface area contributed by atoms with E-state index in [1.807, 2.05) is 12.1 Å². The number of benzene rings is 2. The molecule has 3 N–H and O–H groups in total. The molecule has 0 fully saturated rings. The van der Waals surface area contributed by atoms with Crippen molar-refractivity contribution >= 4 is 40.6 Å². The molecule has 6 nitrogen and oxygen atoms in total. The number of carbonyl (C=O) groups excluding carboxylic acids is 1. The normalized spacial score (nSPS) is 11.0. The molecule has 0 aliphatic carbocycles. The average molecular weight is 346 g/mol. The lowest BCUT2D eigenvalue weighted by Gasteiger charge is -2.07. The van der Waals surface area contributed by atoms with Gasteiger partial charge in [-0.1, -0.05) is 23.7 Å². The van der Waals surface area contributed by atoms with Gasteiger partial charge < -0.3 is 10.4 Å². The van der Waals surface area contributed by atoms with Gasteiger partial charge in [-0.2, -0.15) is 5.10 Å². The Kier molecular flexibility index (Phi) is 5.55. The molecular formula is C17H16ClN3O3. The number of hydrogen-bond acceptors (Lipinski definition) is 4. The summed E-state index contributed by atoms with van der Waals surface area (Å²) in [5.74, 6) is -1.26. The zero-order chi connectivity index (χ0) is 17.7. The van der Waals surface area contributed by atoms with E-state index >= 15 is 0 Å². The molecule has 1 amide bonds. The van der Waals surface area contributed by atoms with Gasteiger partial charge in [0.05, 0.1) is 22.0 Å². The van der Waals surface area contributed by atoms with Gasteiger partial charge in [0.2, 0.25) is 5.91 Å². The highest BCUT2D eigenvalue weighted by molar-refractivity contribution is 6.33. The van der Waals surface area contributed by atoms with Gasteiger partial charge in [-0.15, -0.1) is 0 Å². The lowest BCUT2D eigenvalue weighted by molar-refractivity contribution is -0.114. The summed E-state index contributed by atoms with van der Waals surface area (Å²) in [6.07, 6.45) is 0. The van der Waals surface area contributed by atoms with Crippen LogP contribution in [0.4, 0.5) is 11.4 Å². The number of carboxylic acid groups (broad SMARTS) is 1. The van der Waals surface area contributed by atoms with E-state index in [4.69, 9.17) is 16.7 Å². The van der Waals surface area contributed by atoms with Crippen molar-refractivity contribution in [2.75, 3.05) is 10.7 Å². The maximum Gasteiger partial charge on any atom is 0.337 e. The molecule has 0 unspecified atom stereocenters. The minimum Gasteiger partial charge on any atom is -0.478 e. The Morgan fingerprint density at radius 3 is 2.50 bits per heavy atom. The first kappa shape index (κ1) is 17.5. The second kappa shape index (κ2) is 7.61. The molecule has 0 saturated carbocycles. The molecule has 0 spiro atoms. The third-order valence-electron chi connectivity index (χ3n) is 3.15. The summed E-state index contributed by atoms with van der Waals surface area (Å²) < 4.78 is 0. The Labute approximate surface area is 144 Å². The summed E-state index contributed by atoms with van der Waals surface area (Å²) in [6.45, 7) is 3.24. The van der Waals surface area contributed by atoms with Crippen molar-refractivity contribution in [3.05, 3.63) is 58.6 Å². The van der Waals surface area contributed by atoms with E-state index < -0.39 is 5.97 Å². The standard InChI is InChI=1S/C17H16ClN3O3/c1-10(12-4-3-5-13(8-12)19-11(2)22)20-21-14-6-7-16(18)15(9-14)17(23)24/h3-9,21H,1-2H3,(H,19,22)(H,23,24)/b20-10+. The van der Waals surface area contributed by atoms with E-state index in [1.54, 1.807) is 25.1 Å². The summed E-state index contributed by atoms with van der Waals surface area (Å²) in [4.78, 5) is 22.2. The Morgan fingerprint density at radius 2 is 1.83 bits per heavy atom. The molecule has 2 aromatic carbocycles. The number of nitrogens with zero attached hydrogens (tertiary/aromatic N) is 1. The number of halogens is 1. The molecule has 0 atom stereocenters. The number of amides is 1. The Balaban J connectivity index is 2.18. The Bertz CT molecular complexity index is 818. The summed E-state index contributed by atoms with van der Waals surface area (Å²) in [5.41, 5.74) is 5.49. The molecule has 2 aromatic rings. The second-order valence-corrected chi connectivity index (χ2v) is 5.48. The zero-order valence-corrected chi connectivity index (χ0v) is 13.9. The van der Waals surface area contributed by atoms with Crippen LogP contribution in [0.5, 0.6) is 0 Å². The van der Waals surface area contributed by atoms with Crippen LogP contribution >= 0.6 is 11.6 Å². The first-order valence-electron chi connectivity index (χ1n) is 7.08. The van der Waals surface area contributed by atoms with Crippen LogP contribution in [-0.4, -0.2) is 22.7 Å². The Morgan fingerprint density at radius 1 is 1.08 bits per heavy atom. The van der Waals surface area contributed by atoms with Gasteiger partial charge in [0, 0.05) is 12.6 Å². The highest BCUT2D eigenvalue weighted by Gasteiger charge is 2.09. The van der Waals surface area contributed by atoms with Gasteiger partial charge >= 0.3 is 5.97 Å². The van der Waals surface area contributed by atoms with E-state index in [-0.39, 0.29) is 16.5 Å². The van der Waals surface area contributed by atoms with E-state index in [0.29, 0.717) is 17.1 Å². The number of hydrogen-bond donors (Lipinski definition) is 3. The fraction of sp³-hybridized carbons (Fsp3) is 0.118. The van der Waals surface area contributed by atoms with Crippen LogP contribution in [-0.2, 0) is 4.79 Å². The smallest absolute Gasteiger partial charge is 0.337 e. The van der Waals surface area contributed by atoms with E-state index in [2.05, 4.69) is 15.8 Å². The van der Waals surface area contributed by atoms with Gasteiger partial charge in [0.1, 0.15) is 0 Å². The molecule has 0 bridgehead atoms. The van der Waals surface area contributed by atoms with Crippen molar-refractivity contribution in [1.82, 2.24) is 0 Å². The average Bonchev–Trinajstić information content (AvgIpc) is 2.53. The van der Waals surface area contributed by atoms with Gasteiger partial charge in [0.15, 0.2) is 0 Å². The maximum absolute atomic E-state index is 11.1. The molecule has 0 aliphatic heterocycles. The monoisotopic (exact) mass is 345 g/mol. The number of carboxylic acids is 1. The van der Waals surface area contributed by atoms with Crippen molar-refractivity contribution in [2.24, 2.45) is 5.10 Å². The van der Waals surface area contributed by atoms with Crippen LogP contribution in [0.15, 0.2) is 47.6 Å². The molecule has 2 rings (SSSR count). The lowest BCUT2D eigenvalue weighted by Crippen LogP contribution is -2.07. The second-order valence-electron chi connectivity index (χ2n) is 5.07. The fourth-order valence-electron chi connectivity index (χ4n) is 2.00. The van der Waals surface area contributed by atoms with E-state index in [1.165, 1.54) is 19.1 Å². The molecular weight excluding hydrogens is 330 g/mol. The lowest BCUT2D eigenvalue weighted by atomic mass is 10.1. The van der Waals surface area contributed by atoms with Gasteiger partial charge in [-0.05, 0) is 42.8 Å². The van der Waals surface area contributed by atoms with Crippen molar-refractivity contribution in [2.45, 2.75) is 13.8 Å². The molecule has 0 saturated heterocycles. The fourth-order valence-corrected chi connectivity index (χ4v) is 2.20. The number of carbonyl (C=O) groups is 2. The predicted octanol–water partition coefficient (Wildman–Crippen LogP) is 3.83. The van der Waals surface area contributed by atoms with Crippen LogP contribution in [0.2, 0.25) is 5.02 Å². The molecule has 7 heteroatoms. The van der Waals surface area contributed by atoms with Crippen LogP contribution in [0, 0.1) is 0 Å². The van der Waals surface area contributed by atoms with Gasteiger partial charge in [-0.25, -0.2) is 4.79 Å². The van der Waals surface area contributed by atoms with Crippen molar-refractivity contribution < 1.29 is 14.7 Å². The van der Waals surface area contributed by atoms with Crippen LogP contribution in [0.1, 0.15) is 29.8 Å². The number of nitrogens with one attached hydrogen (secondary N) is 2. The summed E-state index contributed by atoms with van der Waals surface area (Å²) >= 11 is 5.83. The summed E-state index contributed by atoms with van der Waals surface area (Å²) in [5, 5.41) is 16.2. The molecule has 0 aromatic heterocycles. The quantitative estimate of drug-likeness (QED) is 0.567. The Hall–Kier alpha value is -2.86. The largest absolute Gasteiger partial charge is 0.478 e. The maximum atomic E-state index is 11.1. The van der Waals surface area contributed by atoms with Crippen LogP contribution < -0.4 is 10.7 Å². The van der Waals surface area contributed by atoms with Crippen molar-refractivity contribution in [1.29, 1.82) is 0 Å². The number of aromatic carboxylic acids is 1. The first-order valence-corrected chi connectivity index (χ1v) is 7.46. The van der Waals surface area contributed by atoms with Crippen LogP contribution in [0.25, 0.3) is 0 Å². The topological polar surface area (TPSA) is 90.8 Å². The number of anilines is 2. The predicted molar refractivity (Wildman–Crippen MR) is 95.0 cm³/mol. The van der Waals surface area contributed by atoms with Crippen molar-refractivity contribution in [3.63, 3.8) is 0 Å². The number of rotatable bonds is 5. The molecule has 0 aliphatic rings. The minimum atomic E-state index is -1.10. The summed E-state index contributed by atoms with van der Waals surface area (Å²) in [7, 11) is 0. The minimum absolute atomic E-state index is 0.00201. The highest BCUT2D eigenvalue weighted by atomic mass is 35.5. The van der Waals surface area contributed by atoms with E-state index in [9.17, 15) is 9.59 Å². The zero-order valence-electron chi connectivity index (χ0n) is 13.1. The number of hydrazone groups is 1. The van der Waals surface area contributed by atoms with Gasteiger partial charge in [-0.3, -0.25) is 10.2 Å². The van der Waals surface area contributed by atoms with Crippen LogP contribution in [0.3, 0.4) is 0 Å². The first-order chi connectivity index (χ1) is 11.4. The van der Waals surface area contributed by atoms with Gasteiger partial charge in [0.25, 0.3) is 0 Å². The third-order valence-corrected chi connectivity index (χ3v) is 3.48. The highest BCUT2D eigenvalue weighted by Crippen LogP contribution is 2.21. The summed E-state index contributed by atoms with van der Waals surface area (Å²) in [6, 6.07) is 11.8. The van der Waals surface area contributed by atoms with E-state index in [0.717, 1.165) is 5.56 Å². The third kappa shape index (κ3) is 4.57. The molecule has 124 valence electrons.